The van der Waals surface area contributed by atoms with Crippen LogP contribution in [0.3, 0.4) is 0 Å². The molecule has 1 rings (SSSR count). The van der Waals surface area contributed by atoms with E-state index in [2.05, 4.69) is 4.72 Å². The topological polar surface area (TPSA) is 81.7 Å². The van der Waals surface area contributed by atoms with Gasteiger partial charge in [0.15, 0.2) is 0 Å². The zero-order valence-corrected chi connectivity index (χ0v) is 15.4. The second-order valence-electron chi connectivity index (χ2n) is 6.16. The maximum atomic E-state index is 12.1. The van der Waals surface area contributed by atoms with Gasteiger partial charge >= 0.3 is 5.97 Å². The van der Waals surface area contributed by atoms with E-state index in [0.717, 1.165) is 0 Å². The molecule has 0 unspecified atom stereocenters. The van der Waals surface area contributed by atoms with Gasteiger partial charge in [-0.25, -0.2) is 12.8 Å². The second-order valence-corrected chi connectivity index (χ2v) is 7.87. The highest BCUT2D eigenvalue weighted by molar-refractivity contribution is 7.89. The van der Waals surface area contributed by atoms with Crippen LogP contribution in [0.4, 0.5) is 4.39 Å². The summed E-state index contributed by atoms with van der Waals surface area (Å²) in [6.07, 6.45) is 3.33. The Morgan fingerprint density at radius 3 is 2.44 bits per heavy atom. The van der Waals surface area contributed by atoms with E-state index in [9.17, 15) is 17.6 Å². The Morgan fingerprint density at radius 1 is 1.24 bits per heavy atom. The summed E-state index contributed by atoms with van der Waals surface area (Å²) in [6, 6.07) is 5.64. The van der Waals surface area contributed by atoms with Crippen molar-refractivity contribution in [3.63, 3.8) is 0 Å². The van der Waals surface area contributed by atoms with Crippen molar-refractivity contribution in [3.8, 4) is 5.75 Å². The minimum atomic E-state index is -3.71. The molecule has 0 aliphatic rings. The molecule has 0 amide bonds. The summed E-state index contributed by atoms with van der Waals surface area (Å²) in [7, 11) is -3.71. The summed E-state index contributed by atoms with van der Waals surface area (Å²) in [5.41, 5.74) is -0.539. The zero-order valence-electron chi connectivity index (χ0n) is 14.6. The average molecular weight is 373 g/mol. The lowest BCUT2D eigenvalue weighted by molar-refractivity contribution is -0.154. The number of sulfonamides is 1. The van der Waals surface area contributed by atoms with Gasteiger partial charge in [0.2, 0.25) is 0 Å². The highest BCUT2D eigenvalue weighted by atomic mass is 32.2. The van der Waals surface area contributed by atoms with Gasteiger partial charge in [0, 0.05) is 12.6 Å². The summed E-state index contributed by atoms with van der Waals surface area (Å²) >= 11 is 0. The van der Waals surface area contributed by atoms with Gasteiger partial charge in [-0.1, -0.05) is 6.08 Å². The van der Waals surface area contributed by atoms with Crippen molar-refractivity contribution in [2.75, 3.05) is 13.3 Å². The highest BCUT2D eigenvalue weighted by Crippen LogP contribution is 2.16. The number of hydrogen-bond donors (Lipinski definition) is 1. The minimum Gasteiger partial charge on any atom is -0.491 e. The number of ether oxygens (including phenoxy) is 2. The van der Waals surface area contributed by atoms with Crippen LogP contribution in [0.2, 0.25) is 0 Å². The number of rotatable bonds is 9. The molecule has 0 aromatic heterocycles. The van der Waals surface area contributed by atoms with Crippen LogP contribution in [0.25, 0.3) is 0 Å². The van der Waals surface area contributed by atoms with Crippen LogP contribution in [0.5, 0.6) is 5.75 Å². The number of alkyl halides is 1. The zero-order chi connectivity index (χ0) is 18.9. The van der Waals surface area contributed by atoms with Crippen LogP contribution in [0.15, 0.2) is 41.4 Å². The molecule has 0 bridgehead atoms. The largest absolute Gasteiger partial charge is 0.491 e. The third-order valence-electron chi connectivity index (χ3n) is 2.76. The van der Waals surface area contributed by atoms with E-state index < -0.39 is 22.3 Å². The van der Waals surface area contributed by atoms with Crippen molar-refractivity contribution in [1.82, 2.24) is 4.72 Å². The number of carbonyl (C=O) groups excluding carboxylic acids is 1. The standard InChI is InChI=1S/C17H24FNO5S/c1-17(2,3)24-16(20)6-4-5-12-19-25(21,22)15-9-7-14(8-10-15)23-13-11-18/h5,7-10,12,19H,4,6,11,13H2,1-3H3. The van der Waals surface area contributed by atoms with Gasteiger partial charge in [-0.2, -0.15) is 0 Å². The summed E-state index contributed by atoms with van der Waals surface area (Å²) in [4.78, 5) is 11.6. The van der Waals surface area contributed by atoms with E-state index in [1.165, 1.54) is 30.5 Å². The molecule has 0 spiro atoms. The number of hydrogen-bond acceptors (Lipinski definition) is 5. The minimum absolute atomic E-state index is 0.0527. The van der Waals surface area contributed by atoms with Gasteiger partial charge in [0.1, 0.15) is 24.6 Å². The van der Waals surface area contributed by atoms with Crippen molar-refractivity contribution in [2.24, 2.45) is 0 Å². The molecule has 1 aromatic carbocycles. The Labute approximate surface area is 148 Å². The number of nitrogens with one attached hydrogen (secondary N) is 1. The molecule has 0 aliphatic heterocycles. The van der Waals surface area contributed by atoms with Gasteiger partial charge in [0.25, 0.3) is 10.0 Å². The Hall–Kier alpha value is -2.09. The van der Waals surface area contributed by atoms with Crippen molar-refractivity contribution in [2.45, 2.75) is 44.1 Å². The predicted molar refractivity (Wildman–Crippen MR) is 92.5 cm³/mol. The van der Waals surface area contributed by atoms with E-state index >= 15 is 0 Å². The first-order valence-electron chi connectivity index (χ1n) is 7.82. The number of allylic oxidation sites excluding steroid dienone is 1. The molecule has 6 nitrogen and oxygen atoms in total. The Balaban J connectivity index is 2.48. The first-order valence-corrected chi connectivity index (χ1v) is 9.30. The molecule has 140 valence electrons. The molecular weight excluding hydrogens is 349 g/mol. The van der Waals surface area contributed by atoms with Gasteiger partial charge < -0.3 is 9.47 Å². The third-order valence-corrected chi connectivity index (χ3v) is 4.10. The van der Waals surface area contributed by atoms with Crippen molar-refractivity contribution in [1.29, 1.82) is 0 Å². The van der Waals surface area contributed by atoms with E-state index in [1.54, 1.807) is 26.8 Å². The quantitative estimate of drug-likeness (QED) is 0.673. The molecule has 25 heavy (non-hydrogen) atoms. The fourth-order valence-corrected chi connectivity index (χ4v) is 2.66. The number of esters is 1. The van der Waals surface area contributed by atoms with Gasteiger partial charge in [-0.3, -0.25) is 9.52 Å². The third kappa shape index (κ3) is 8.53. The van der Waals surface area contributed by atoms with Crippen LogP contribution in [0, 0.1) is 0 Å². The molecule has 0 heterocycles. The molecule has 1 N–H and O–H groups in total. The van der Waals surface area contributed by atoms with E-state index in [0.29, 0.717) is 12.2 Å². The fraction of sp³-hybridized carbons (Fsp3) is 0.471. The predicted octanol–water partition coefficient (Wildman–Crippen LogP) is 2.95. The van der Waals surface area contributed by atoms with Gasteiger partial charge in [-0.05, 0) is 51.5 Å². The molecule has 0 saturated heterocycles. The second kappa shape index (κ2) is 9.41. The maximum absolute atomic E-state index is 12.1. The van der Waals surface area contributed by atoms with Crippen LogP contribution >= 0.6 is 0 Å². The molecule has 0 saturated carbocycles. The monoisotopic (exact) mass is 373 g/mol. The molecule has 8 heteroatoms. The molecule has 0 radical (unpaired) electrons. The molecular formula is C17H24FNO5S. The molecule has 0 aliphatic carbocycles. The Bertz CT molecular complexity index is 678. The Kier molecular flexibility index (Phi) is 7.89. The van der Waals surface area contributed by atoms with Crippen LogP contribution in [0.1, 0.15) is 33.6 Å². The normalized spacial score (nSPS) is 12.2. The maximum Gasteiger partial charge on any atom is 0.306 e. The first-order chi connectivity index (χ1) is 11.6. The summed E-state index contributed by atoms with van der Waals surface area (Å²) in [5.74, 6) is 0.0494. The van der Waals surface area contributed by atoms with Crippen LogP contribution in [-0.4, -0.2) is 33.3 Å². The molecule has 0 fully saturated rings. The summed E-state index contributed by atoms with van der Waals surface area (Å²) < 4.78 is 48.7. The Morgan fingerprint density at radius 2 is 1.88 bits per heavy atom. The summed E-state index contributed by atoms with van der Waals surface area (Å²) in [6.45, 7) is 4.65. The molecule has 1 aromatic rings. The van der Waals surface area contributed by atoms with Crippen molar-refractivity contribution >= 4 is 16.0 Å². The number of halogens is 1. The fourth-order valence-electron chi connectivity index (χ4n) is 1.75. The smallest absolute Gasteiger partial charge is 0.306 e. The van der Waals surface area contributed by atoms with E-state index in [-0.39, 0.29) is 23.9 Å². The number of benzene rings is 1. The SMILES string of the molecule is CC(C)(C)OC(=O)CCC=CNS(=O)(=O)c1ccc(OCCF)cc1. The lowest BCUT2D eigenvalue weighted by atomic mass is 10.2. The van der Waals surface area contributed by atoms with Crippen LogP contribution in [-0.2, 0) is 19.6 Å². The lowest BCUT2D eigenvalue weighted by Crippen LogP contribution is -2.23. The lowest BCUT2D eigenvalue weighted by Gasteiger charge is -2.19. The number of carbonyl (C=O) groups is 1. The van der Waals surface area contributed by atoms with Crippen molar-refractivity contribution in [3.05, 3.63) is 36.5 Å². The van der Waals surface area contributed by atoms with Gasteiger partial charge in [-0.15, -0.1) is 0 Å². The van der Waals surface area contributed by atoms with Gasteiger partial charge in [0.05, 0.1) is 4.90 Å². The average Bonchev–Trinajstić information content (AvgIpc) is 2.51. The highest BCUT2D eigenvalue weighted by Gasteiger charge is 2.15. The van der Waals surface area contributed by atoms with Crippen molar-refractivity contribution < 1.29 is 27.1 Å². The van der Waals surface area contributed by atoms with E-state index in [1.807, 2.05) is 0 Å². The van der Waals surface area contributed by atoms with E-state index in [4.69, 9.17) is 9.47 Å². The molecule has 0 atom stereocenters. The first kappa shape index (κ1) is 21.0. The summed E-state index contributed by atoms with van der Waals surface area (Å²) in [5, 5.41) is 0. The van der Waals surface area contributed by atoms with Crippen LogP contribution < -0.4 is 9.46 Å².